The molecule has 0 unspecified atom stereocenters. The first kappa shape index (κ1) is 8.96. The molecule has 3 rings (SSSR count). The van der Waals surface area contributed by atoms with Crippen LogP contribution in [0, 0.1) is 0 Å². The fourth-order valence-corrected chi connectivity index (χ4v) is 1.66. The van der Waals surface area contributed by atoms with Gasteiger partial charge in [-0.3, -0.25) is 0 Å². The van der Waals surface area contributed by atoms with Crippen molar-refractivity contribution in [2.45, 2.75) is 0 Å². The van der Waals surface area contributed by atoms with Crippen LogP contribution in [0.2, 0.25) is 0 Å². The van der Waals surface area contributed by atoms with Crippen molar-refractivity contribution >= 4 is 11.2 Å². The molecule has 0 radical (unpaired) electrons. The lowest BCUT2D eigenvalue weighted by molar-refractivity contribution is -0.598. The Hall–Kier alpha value is -2.30. The van der Waals surface area contributed by atoms with E-state index < -0.39 is 0 Å². The second-order valence-corrected chi connectivity index (χ2v) is 3.51. The highest BCUT2D eigenvalue weighted by Gasteiger charge is 2.16. The van der Waals surface area contributed by atoms with Crippen molar-refractivity contribution in [1.29, 1.82) is 0 Å². The summed E-state index contributed by atoms with van der Waals surface area (Å²) < 4.78 is 3.81. The minimum Gasteiger partial charge on any atom is -0.318 e. The van der Waals surface area contributed by atoms with Crippen LogP contribution < -0.4 is 4.57 Å². The van der Waals surface area contributed by atoms with Gasteiger partial charge in [0.1, 0.15) is 0 Å². The van der Waals surface area contributed by atoms with Crippen LogP contribution in [0.15, 0.2) is 43.2 Å². The van der Waals surface area contributed by atoms with Gasteiger partial charge in [0.2, 0.25) is 11.8 Å². The van der Waals surface area contributed by atoms with E-state index in [-0.39, 0.29) is 0 Å². The molecular weight excluding hydrogens is 202 g/mol. The van der Waals surface area contributed by atoms with E-state index in [1.54, 1.807) is 12.7 Å². The Morgan fingerprint density at radius 1 is 1.06 bits per heavy atom. The molecule has 0 saturated heterocycles. The van der Waals surface area contributed by atoms with E-state index in [1.165, 1.54) is 0 Å². The molecule has 0 N–H and O–H groups in total. The molecule has 0 aliphatic rings. The fourth-order valence-electron chi connectivity index (χ4n) is 1.66. The van der Waals surface area contributed by atoms with E-state index in [0.29, 0.717) is 0 Å². The molecule has 16 heavy (non-hydrogen) atoms. The van der Waals surface area contributed by atoms with Gasteiger partial charge in [-0.05, 0) is 17.1 Å². The first-order valence-corrected chi connectivity index (χ1v) is 4.95. The van der Waals surface area contributed by atoms with Gasteiger partial charge in [-0.2, -0.15) is 4.98 Å². The van der Waals surface area contributed by atoms with Gasteiger partial charge in [0.15, 0.2) is 5.65 Å². The Morgan fingerprint density at radius 3 is 2.69 bits per heavy atom. The molecule has 0 fully saturated rings. The molecule has 0 saturated carbocycles. The summed E-state index contributed by atoms with van der Waals surface area (Å²) in [6.45, 7) is 0. The number of hydrogen-bond acceptors (Lipinski definition) is 3. The maximum Gasteiger partial charge on any atom is 0.359 e. The fraction of sp³-hybridized carbons (Fsp3) is 0.0909. The normalized spacial score (nSPS) is 10.8. The number of pyridine rings is 1. The van der Waals surface area contributed by atoms with Gasteiger partial charge in [0.25, 0.3) is 0 Å². The maximum atomic E-state index is 4.31. The molecule has 3 aromatic rings. The van der Waals surface area contributed by atoms with Crippen molar-refractivity contribution in [2.75, 3.05) is 0 Å². The predicted octanol–water partition coefficient (Wildman–Crippen LogP) is 0.640. The minimum absolute atomic E-state index is 0.797. The Balaban J connectivity index is 2.32. The summed E-state index contributed by atoms with van der Waals surface area (Å²) in [5.41, 5.74) is 1.64. The second-order valence-electron chi connectivity index (χ2n) is 3.51. The van der Waals surface area contributed by atoms with E-state index in [9.17, 15) is 0 Å². The van der Waals surface area contributed by atoms with Gasteiger partial charge in [-0.15, -0.1) is 0 Å². The lowest BCUT2D eigenvalue weighted by atomic mass is 10.4. The van der Waals surface area contributed by atoms with Crippen molar-refractivity contribution < 1.29 is 4.57 Å². The van der Waals surface area contributed by atoms with E-state index in [2.05, 4.69) is 15.0 Å². The molecule has 0 aromatic carbocycles. The number of fused-ring (bicyclic) bond motifs is 1. The standard InChI is InChI=1S/C11H10N5/c1-15-8-14-9-10(15)12-7-13-11(9)16-5-3-2-4-6-16/h2-8H,1H3/q+1. The molecule has 0 aliphatic carbocycles. The van der Waals surface area contributed by atoms with Gasteiger partial charge < -0.3 is 4.57 Å². The van der Waals surface area contributed by atoms with Gasteiger partial charge in [0.05, 0.1) is 18.7 Å². The molecule has 0 bridgehead atoms. The molecule has 0 spiro atoms. The minimum atomic E-state index is 0.797. The molecule has 5 nitrogen and oxygen atoms in total. The number of rotatable bonds is 1. The van der Waals surface area contributed by atoms with E-state index in [0.717, 1.165) is 17.0 Å². The van der Waals surface area contributed by atoms with Gasteiger partial charge in [0, 0.05) is 7.05 Å². The molecule has 0 aliphatic heterocycles. The predicted molar refractivity (Wildman–Crippen MR) is 57.8 cm³/mol. The van der Waals surface area contributed by atoms with Crippen LogP contribution >= 0.6 is 0 Å². The zero-order valence-corrected chi connectivity index (χ0v) is 8.78. The molecule has 3 aromatic heterocycles. The zero-order chi connectivity index (χ0) is 11.0. The van der Waals surface area contributed by atoms with Crippen molar-refractivity contribution in [3.63, 3.8) is 0 Å². The van der Waals surface area contributed by atoms with Crippen LogP contribution in [-0.4, -0.2) is 19.5 Å². The monoisotopic (exact) mass is 212 g/mol. The van der Waals surface area contributed by atoms with Crippen LogP contribution in [0.4, 0.5) is 0 Å². The van der Waals surface area contributed by atoms with E-state index >= 15 is 0 Å². The molecule has 0 atom stereocenters. The molecule has 5 heteroatoms. The number of aromatic nitrogens is 5. The Labute approximate surface area is 92.0 Å². The van der Waals surface area contributed by atoms with E-state index in [1.807, 2.05) is 46.8 Å². The van der Waals surface area contributed by atoms with Crippen LogP contribution in [0.25, 0.3) is 17.0 Å². The summed E-state index contributed by atoms with van der Waals surface area (Å²) in [5, 5.41) is 0. The third kappa shape index (κ3) is 1.25. The van der Waals surface area contributed by atoms with Crippen molar-refractivity contribution in [3.8, 4) is 5.82 Å². The third-order valence-corrected chi connectivity index (χ3v) is 2.44. The van der Waals surface area contributed by atoms with Gasteiger partial charge >= 0.3 is 5.82 Å². The van der Waals surface area contributed by atoms with Crippen LogP contribution in [0.1, 0.15) is 0 Å². The summed E-state index contributed by atoms with van der Waals surface area (Å²) in [4.78, 5) is 12.8. The largest absolute Gasteiger partial charge is 0.359 e. The first-order valence-electron chi connectivity index (χ1n) is 4.95. The SMILES string of the molecule is Cn1cnc2c(-[n+]3ccccc3)ncnc21. The van der Waals surface area contributed by atoms with Crippen molar-refractivity contribution in [2.24, 2.45) is 7.05 Å². The van der Waals surface area contributed by atoms with Gasteiger partial charge in [-0.25, -0.2) is 9.55 Å². The van der Waals surface area contributed by atoms with Crippen LogP contribution in [0.5, 0.6) is 0 Å². The molecule has 0 amide bonds. The number of nitrogens with zero attached hydrogens (tertiary/aromatic N) is 5. The summed E-state index contributed by atoms with van der Waals surface area (Å²) in [6.07, 6.45) is 7.18. The smallest absolute Gasteiger partial charge is 0.318 e. The number of hydrogen-bond donors (Lipinski definition) is 0. The van der Waals surface area contributed by atoms with E-state index in [4.69, 9.17) is 0 Å². The molecule has 78 valence electrons. The molecular formula is C11H10N5+. The average molecular weight is 212 g/mol. The molecule has 3 heterocycles. The quantitative estimate of drug-likeness (QED) is 0.556. The lowest BCUT2D eigenvalue weighted by Gasteiger charge is -1.95. The van der Waals surface area contributed by atoms with Crippen LogP contribution in [0.3, 0.4) is 0 Å². The highest BCUT2D eigenvalue weighted by atomic mass is 15.1. The van der Waals surface area contributed by atoms with Crippen molar-refractivity contribution in [1.82, 2.24) is 19.5 Å². The highest BCUT2D eigenvalue weighted by molar-refractivity contribution is 5.75. The topological polar surface area (TPSA) is 47.5 Å². The Bertz CT molecular complexity index is 629. The zero-order valence-electron chi connectivity index (χ0n) is 8.78. The average Bonchev–Trinajstić information content (AvgIpc) is 2.73. The third-order valence-electron chi connectivity index (χ3n) is 2.44. The lowest BCUT2D eigenvalue weighted by Crippen LogP contribution is -2.30. The second kappa shape index (κ2) is 3.37. The number of imidazole rings is 1. The summed E-state index contributed by atoms with van der Waals surface area (Å²) in [5.74, 6) is 0.797. The van der Waals surface area contributed by atoms with Crippen LogP contribution in [-0.2, 0) is 7.05 Å². The van der Waals surface area contributed by atoms with Crippen molar-refractivity contribution in [3.05, 3.63) is 43.2 Å². The van der Waals surface area contributed by atoms with Gasteiger partial charge in [-0.1, -0.05) is 6.07 Å². The maximum absolute atomic E-state index is 4.31. The Morgan fingerprint density at radius 2 is 1.88 bits per heavy atom. The summed E-state index contributed by atoms with van der Waals surface area (Å²) >= 11 is 0. The highest BCUT2D eigenvalue weighted by Crippen LogP contribution is 2.10. The number of aryl methyl sites for hydroxylation is 1. The summed E-state index contributed by atoms with van der Waals surface area (Å²) in [6, 6.07) is 5.88. The Kier molecular flexibility index (Phi) is 1.89. The summed E-state index contributed by atoms with van der Waals surface area (Å²) in [7, 11) is 1.92. The first-order chi connectivity index (χ1) is 7.86.